The smallest absolute Gasteiger partial charge is 0.341 e. The lowest BCUT2D eigenvalue weighted by Gasteiger charge is -2.13. The number of amides is 3. The van der Waals surface area contributed by atoms with Gasteiger partial charge in [0.25, 0.3) is 11.1 Å². The van der Waals surface area contributed by atoms with Crippen LogP contribution in [0.3, 0.4) is 0 Å². The van der Waals surface area contributed by atoms with Gasteiger partial charge < -0.3 is 19.9 Å². The molecular weight excluding hydrogens is 460 g/mol. The van der Waals surface area contributed by atoms with E-state index in [-0.39, 0.29) is 16.4 Å². The van der Waals surface area contributed by atoms with E-state index in [1.54, 1.807) is 24.3 Å². The topological polar surface area (TPSA) is 122 Å². The number of rotatable bonds is 9. The summed E-state index contributed by atoms with van der Waals surface area (Å²) in [6, 6.07) is 12.0. The zero-order chi connectivity index (χ0) is 24.8. The summed E-state index contributed by atoms with van der Waals surface area (Å²) in [6.45, 7) is 3.20. The van der Waals surface area contributed by atoms with Crippen LogP contribution < -0.4 is 14.8 Å². The maximum absolute atomic E-state index is 12.7. The third-order valence-electron chi connectivity index (χ3n) is 4.87. The Morgan fingerprint density at radius 2 is 1.82 bits per heavy atom. The zero-order valence-corrected chi connectivity index (χ0v) is 19.7. The number of aliphatic carboxylic acids is 1. The fraction of sp³-hybridized carbons (Fsp3) is 0.250. The Hall–Kier alpha value is -3.79. The second kappa shape index (κ2) is 10.9. The fourth-order valence-electron chi connectivity index (χ4n) is 3.12. The Kier molecular flexibility index (Phi) is 7.95. The van der Waals surface area contributed by atoms with Crippen molar-refractivity contribution in [1.29, 1.82) is 0 Å². The standard InChI is InChI=1S/C24H24N2O7S/c1-14(2)16-5-7-17(8-6-16)25-21(27)12-26-23(30)20(34-24(26)31)11-15-4-9-18(19(10-15)32-3)33-13-22(28)29/h4-11,14H,12-13H2,1-3H3,(H,25,27)(H,28,29)/b20-11+. The molecule has 2 aromatic rings. The van der Waals surface area contributed by atoms with Gasteiger partial charge in [-0.15, -0.1) is 0 Å². The maximum atomic E-state index is 12.7. The van der Waals surface area contributed by atoms with Gasteiger partial charge in [0, 0.05) is 5.69 Å². The van der Waals surface area contributed by atoms with Gasteiger partial charge >= 0.3 is 5.97 Å². The molecule has 3 rings (SSSR count). The first-order valence-electron chi connectivity index (χ1n) is 10.4. The molecule has 1 aliphatic rings. The minimum atomic E-state index is -1.13. The highest BCUT2D eigenvalue weighted by Crippen LogP contribution is 2.34. The third-order valence-corrected chi connectivity index (χ3v) is 5.78. The van der Waals surface area contributed by atoms with E-state index in [0.717, 1.165) is 22.2 Å². The van der Waals surface area contributed by atoms with Gasteiger partial charge in [0.1, 0.15) is 6.54 Å². The van der Waals surface area contributed by atoms with E-state index >= 15 is 0 Å². The summed E-state index contributed by atoms with van der Waals surface area (Å²) in [5.41, 5.74) is 2.25. The van der Waals surface area contributed by atoms with E-state index in [1.165, 1.54) is 19.3 Å². The highest BCUT2D eigenvalue weighted by Gasteiger charge is 2.36. The molecule has 10 heteroatoms. The number of carbonyl (C=O) groups is 4. The van der Waals surface area contributed by atoms with E-state index in [0.29, 0.717) is 17.2 Å². The predicted octanol–water partition coefficient (Wildman–Crippen LogP) is 3.96. The molecule has 9 nitrogen and oxygen atoms in total. The Labute approximate surface area is 200 Å². The first-order chi connectivity index (χ1) is 16.2. The average molecular weight is 485 g/mol. The minimum Gasteiger partial charge on any atom is -0.493 e. The van der Waals surface area contributed by atoms with Crippen molar-refractivity contribution in [2.75, 3.05) is 25.6 Å². The normalized spacial score (nSPS) is 14.6. The molecule has 0 atom stereocenters. The Morgan fingerprint density at radius 1 is 1.12 bits per heavy atom. The van der Waals surface area contributed by atoms with Crippen molar-refractivity contribution in [2.24, 2.45) is 0 Å². The summed E-state index contributed by atoms with van der Waals surface area (Å²) < 4.78 is 10.4. The number of anilines is 1. The Balaban J connectivity index is 1.67. The van der Waals surface area contributed by atoms with Crippen molar-refractivity contribution in [3.05, 3.63) is 58.5 Å². The molecule has 34 heavy (non-hydrogen) atoms. The summed E-state index contributed by atoms with van der Waals surface area (Å²) in [7, 11) is 1.40. The van der Waals surface area contributed by atoms with Crippen molar-refractivity contribution >= 4 is 46.5 Å². The number of methoxy groups -OCH3 is 1. The Bertz CT molecular complexity index is 1140. The van der Waals surface area contributed by atoms with E-state index in [1.807, 2.05) is 12.1 Å². The number of carbonyl (C=O) groups excluding carboxylic acids is 3. The van der Waals surface area contributed by atoms with Crippen molar-refractivity contribution in [2.45, 2.75) is 19.8 Å². The van der Waals surface area contributed by atoms with E-state index in [4.69, 9.17) is 14.6 Å². The number of nitrogens with zero attached hydrogens (tertiary/aromatic N) is 1. The molecule has 0 aliphatic carbocycles. The number of nitrogens with one attached hydrogen (secondary N) is 1. The molecule has 1 aliphatic heterocycles. The van der Waals surface area contributed by atoms with Gasteiger partial charge in [-0.1, -0.05) is 32.0 Å². The molecule has 1 heterocycles. The average Bonchev–Trinajstić information content (AvgIpc) is 3.05. The molecule has 0 spiro atoms. The lowest BCUT2D eigenvalue weighted by atomic mass is 10.0. The summed E-state index contributed by atoms with van der Waals surface area (Å²) in [5.74, 6) is -1.32. The van der Waals surface area contributed by atoms with Crippen LogP contribution in [-0.2, 0) is 14.4 Å². The van der Waals surface area contributed by atoms with E-state index in [9.17, 15) is 19.2 Å². The van der Waals surface area contributed by atoms with Gasteiger partial charge in [-0.05, 0) is 59.1 Å². The molecular formula is C24H24N2O7S. The molecule has 2 N–H and O–H groups in total. The molecule has 3 amide bonds. The van der Waals surface area contributed by atoms with Crippen LogP contribution >= 0.6 is 11.8 Å². The Morgan fingerprint density at radius 3 is 2.44 bits per heavy atom. The van der Waals surface area contributed by atoms with Crippen LogP contribution in [0.15, 0.2) is 47.4 Å². The van der Waals surface area contributed by atoms with Crippen LogP contribution in [0.25, 0.3) is 6.08 Å². The van der Waals surface area contributed by atoms with E-state index < -0.39 is 36.2 Å². The molecule has 2 aromatic carbocycles. The van der Waals surface area contributed by atoms with Crippen molar-refractivity contribution < 1.29 is 33.8 Å². The van der Waals surface area contributed by atoms with Crippen molar-refractivity contribution in [3.8, 4) is 11.5 Å². The van der Waals surface area contributed by atoms with E-state index in [2.05, 4.69) is 19.2 Å². The summed E-state index contributed by atoms with van der Waals surface area (Å²) in [5, 5.41) is 10.9. The largest absolute Gasteiger partial charge is 0.493 e. The lowest BCUT2D eigenvalue weighted by Crippen LogP contribution is -2.36. The summed E-state index contributed by atoms with van der Waals surface area (Å²) in [6.07, 6.45) is 1.50. The number of carboxylic acids is 1. The van der Waals surface area contributed by atoms with Crippen molar-refractivity contribution in [3.63, 3.8) is 0 Å². The molecule has 0 unspecified atom stereocenters. The number of ether oxygens (including phenoxy) is 2. The number of imide groups is 1. The molecule has 0 saturated carbocycles. The second-order valence-corrected chi connectivity index (χ2v) is 8.68. The lowest BCUT2D eigenvalue weighted by molar-refractivity contribution is -0.139. The minimum absolute atomic E-state index is 0.153. The number of hydrogen-bond acceptors (Lipinski definition) is 7. The number of carboxylic acid groups (broad SMARTS) is 1. The van der Waals surface area contributed by atoms with Gasteiger partial charge in [-0.25, -0.2) is 4.79 Å². The molecule has 0 bridgehead atoms. The second-order valence-electron chi connectivity index (χ2n) is 7.69. The van der Waals surface area contributed by atoms with Crippen LogP contribution in [0.1, 0.15) is 30.9 Å². The maximum Gasteiger partial charge on any atom is 0.341 e. The van der Waals surface area contributed by atoms with Gasteiger partial charge in [0.2, 0.25) is 5.91 Å². The van der Waals surface area contributed by atoms with Crippen LogP contribution in [0.2, 0.25) is 0 Å². The number of benzene rings is 2. The van der Waals surface area contributed by atoms with Crippen molar-refractivity contribution in [1.82, 2.24) is 4.90 Å². The van der Waals surface area contributed by atoms with Crippen LogP contribution in [0, 0.1) is 0 Å². The molecule has 1 fully saturated rings. The van der Waals surface area contributed by atoms with Crippen LogP contribution in [0.5, 0.6) is 11.5 Å². The quantitative estimate of drug-likeness (QED) is 0.513. The molecule has 0 aromatic heterocycles. The summed E-state index contributed by atoms with van der Waals surface area (Å²) >= 11 is 0.731. The third kappa shape index (κ3) is 6.16. The predicted molar refractivity (Wildman–Crippen MR) is 128 cm³/mol. The zero-order valence-electron chi connectivity index (χ0n) is 18.9. The first kappa shape index (κ1) is 24.8. The summed E-state index contributed by atoms with van der Waals surface area (Å²) in [4.78, 5) is 49.3. The monoisotopic (exact) mass is 484 g/mol. The molecule has 0 radical (unpaired) electrons. The molecule has 1 saturated heterocycles. The van der Waals surface area contributed by atoms with Gasteiger partial charge in [0.15, 0.2) is 18.1 Å². The van der Waals surface area contributed by atoms with Gasteiger partial charge in [-0.2, -0.15) is 0 Å². The van der Waals surface area contributed by atoms with Gasteiger partial charge in [-0.3, -0.25) is 19.3 Å². The molecule has 178 valence electrons. The highest BCUT2D eigenvalue weighted by atomic mass is 32.2. The fourth-order valence-corrected chi connectivity index (χ4v) is 3.95. The van der Waals surface area contributed by atoms with Crippen LogP contribution in [0.4, 0.5) is 10.5 Å². The highest BCUT2D eigenvalue weighted by molar-refractivity contribution is 8.18. The SMILES string of the molecule is COc1cc(/C=C2/SC(=O)N(CC(=O)Nc3ccc(C(C)C)cc3)C2=O)ccc1OCC(=O)O. The number of thioether (sulfide) groups is 1. The van der Waals surface area contributed by atoms with Crippen LogP contribution in [-0.4, -0.2) is 53.3 Å². The first-order valence-corrected chi connectivity index (χ1v) is 11.2. The number of hydrogen-bond donors (Lipinski definition) is 2. The van der Waals surface area contributed by atoms with Gasteiger partial charge in [0.05, 0.1) is 12.0 Å².